The minimum atomic E-state index is -5.73. The van der Waals surface area contributed by atoms with Crippen LogP contribution in [0.25, 0.3) is 0 Å². The second-order valence-electron chi connectivity index (χ2n) is 6.04. The van der Waals surface area contributed by atoms with Gasteiger partial charge in [0.1, 0.15) is 34.1 Å². The van der Waals surface area contributed by atoms with Crippen LogP contribution in [0, 0.1) is 11.3 Å². The lowest BCUT2D eigenvalue weighted by molar-refractivity contribution is 0.0764. The van der Waals surface area contributed by atoms with Crippen LogP contribution in [-0.2, 0) is 4.57 Å². The number of hydrogen-bond acceptors (Lipinski definition) is 7. The number of carbonyl (C=O) groups excluding carboxylic acids is 2. The molecule has 0 saturated carbocycles. The Morgan fingerprint density at radius 3 is 1.71 bits per heavy atom. The van der Waals surface area contributed by atoms with Gasteiger partial charge in [-0.15, -0.1) is 0 Å². The van der Waals surface area contributed by atoms with Crippen LogP contribution < -0.4 is 18.9 Å². The quantitative estimate of drug-likeness (QED) is 0.208. The second-order valence-corrected chi connectivity index (χ2v) is 6.89. The summed E-state index contributed by atoms with van der Waals surface area (Å²) in [5.74, 6) is -19.5. The van der Waals surface area contributed by atoms with Crippen LogP contribution in [0.4, 0.5) is 0 Å². The van der Waals surface area contributed by atoms with E-state index in [1.807, 2.05) is 0 Å². The van der Waals surface area contributed by atoms with Crippen molar-refractivity contribution < 1.29 is 74.2 Å². The van der Waals surface area contributed by atoms with Gasteiger partial charge in [-0.2, -0.15) is 0 Å². The zero-order valence-corrected chi connectivity index (χ0v) is 17.7. The molecule has 0 saturated heterocycles. The molecular weight excluding hydrogens is 455 g/mol. The maximum absolute atomic E-state index is 15.7. The van der Waals surface area contributed by atoms with Gasteiger partial charge in [0.05, 0.1) is 48.8 Å². The Labute approximate surface area is 245 Å². The molecule has 2 atom stereocenters. The summed E-state index contributed by atoms with van der Waals surface area (Å²) in [5, 5.41) is -5.42. The van der Waals surface area contributed by atoms with Gasteiger partial charge in [-0.05, 0) is 41.9 Å². The molecule has 0 aliphatic rings. The van der Waals surface area contributed by atoms with Gasteiger partial charge in [-0.1, -0.05) is 39.5 Å². The highest BCUT2D eigenvalue weighted by Crippen LogP contribution is 2.48. The fourth-order valence-corrected chi connectivity index (χ4v) is 3.18. The van der Waals surface area contributed by atoms with Crippen molar-refractivity contribution in [1.82, 2.24) is 0 Å². The Hall–Kier alpha value is -2.92. The van der Waals surface area contributed by atoms with Crippen LogP contribution in [0.2, 0.25) is 0 Å². The molecule has 0 N–H and O–H groups in total. The Morgan fingerprint density at radius 2 is 1.38 bits per heavy atom. The number of methoxy groups -OCH3 is 4. The lowest BCUT2D eigenvalue weighted by Gasteiger charge is -2.35. The first-order chi connectivity index (χ1) is 28.1. The molecular formula is C26H33O7P. The predicted molar refractivity (Wildman–Crippen MR) is 131 cm³/mol. The molecule has 34 heavy (non-hydrogen) atoms. The van der Waals surface area contributed by atoms with Crippen molar-refractivity contribution in [3.63, 3.8) is 0 Å². The van der Waals surface area contributed by atoms with Crippen molar-refractivity contribution in [3.05, 3.63) is 47.4 Å². The van der Waals surface area contributed by atoms with Gasteiger partial charge in [0.2, 0.25) is 0 Å². The standard InChI is InChI=1S/C26H33O7P/c1-16(15-25(2,3)4)26(34-29,23(27)21-17(30-5)11-9-12-18(21)31-6)24(28)22-19(32-7)13-10-14-20(22)33-8/h9-14,16H,15H2,1-8H3/i1D3,2D3,3D3,4D3,5D3,6D3,7D3,9D,10D,11D,12D,13D,14D,15D2,16D. The van der Waals surface area contributed by atoms with Gasteiger partial charge < -0.3 is 18.9 Å². The van der Waals surface area contributed by atoms with Gasteiger partial charge in [-0.3, -0.25) is 14.2 Å². The average Bonchev–Trinajstić information content (AvgIpc) is 3.05. The second kappa shape index (κ2) is 11.0. The van der Waals surface area contributed by atoms with Crippen molar-refractivity contribution in [2.45, 2.75) is 38.9 Å². The molecule has 0 aliphatic heterocycles. The highest BCUT2D eigenvalue weighted by Gasteiger charge is 2.55. The van der Waals surface area contributed by atoms with E-state index in [-0.39, 0.29) is 0 Å². The lowest BCUT2D eigenvalue weighted by Crippen LogP contribution is -2.48. The lowest BCUT2D eigenvalue weighted by atomic mass is 9.73. The summed E-state index contributed by atoms with van der Waals surface area (Å²) in [6.07, 6.45) is -5.68. The van der Waals surface area contributed by atoms with E-state index in [4.69, 9.17) is 41.7 Å². The fourth-order valence-electron chi connectivity index (χ4n) is 2.64. The van der Waals surface area contributed by atoms with Crippen LogP contribution in [0.3, 0.4) is 0 Å². The number of hydrogen-bond donors (Lipinski definition) is 0. The number of Topliss-reactive ketones (excluding diaryl/α,β-unsaturated/α-hetero) is 2. The highest BCUT2D eigenvalue weighted by molar-refractivity contribution is 7.30. The van der Waals surface area contributed by atoms with E-state index in [0.29, 0.717) is 7.11 Å². The molecule has 2 aromatic rings. The normalized spacial score (nSPS) is 31.0. The molecule has 0 heterocycles. The number of benzene rings is 2. The van der Waals surface area contributed by atoms with Gasteiger partial charge >= 0.3 is 0 Å². The van der Waals surface area contributed by atoms with Crippen LogP contribution in [0.5, 0.6) is 23.0 Å². The summed E-state index contributed by atoms with van der Waals surface area (Å²) in [4.78, 5) is 31.4. The molecule has 0 radical (unpaired) electrons. The van der Waals surface area contributed by atoms with E-state index in [1.54, 1.807) is 0 Å². The summed E-state index contributed by atoms with van der Waals surface area (Å²) >= 11 is 0. The highest BCUT2D eigenvalue weighted by atomic mass is 31.1. The third-order valence-corrected chi connectivity index (χ3v) is 4.95. The number of rotatable bonds is 11. The molecule has 0 amide bonds. The van der Waals surface area contributed by atoms with E-state index >= 15 is 9.59 Å². The summed E-state index contributed by atoms with van der Waals surface area (Å²) in [5.41, 5.74) is -9.78. The molecule has 0 bridgehead atoms. The Balaban J connectivity index is 4.00. The van der Waals surface area contributed by atoms with Crippen molar-refractivity contribution >= 4 is 20.0 Å². The monoisotopic (exact) mass is 518 g/mol. The van der Waals surface area contributed by atoms with E-state index in [9.17, 15) is 8.68 Å². The van der Waals surface area contributed by atoms with Gasteiger partial charge in [0.25, 0.3) is 0 Å². The topological polar surface area (TPSA) is 88.1 Å². The van der Waals surface area contributed by atoms with Crippen molar-refractivity contribution in [1.29, 1.82) is 0 Å². The first kappa shape index (κ1) is 7.30. The third-order valence-electron chi connectivity index (χ3n) is 4.05. The maximum Gasteiger partial charge on any atom is 0.196 e. The molecule has 2 rings (SSSR count). The third kappa shape index (κ3) is 5.10. The largest absolute Gasteiger partial charge is 0.496 e. The zero-order chi connectivity index (χ0) is 51.1. The Morgan fingerprint density at radius 1 is 0.941 bits per heavy atom. The first-order valence-electron chi connectivity index (χ1n) is 23.4. The molecule has 8 heteroatoms. The minimum absolute atomic E-state index is 0.487. The SMILES string of the molecule is [2H]c1c([2H])c(OC)c(C(=O)C(P=O)(C(=O)c2c(OC([2H])([2H])[2H])c([2H])c([2H])c([2H])c2OC([2H])([2H])[2H])C([2H])(C([2H])([2H])[2H])C([2H])([2H])C(C([2H])([2H])[2H])(C([2H])([2H])[2H])C([2H])([2H])[2H])c(OC([2H])([2H])[2H])c1[2H]. The smallest absolute Gasteiger partial charge is 0.196 e. The van der Waals surface area contributed by atoms with Crippen LogP contribution in [-0.4, -0.2) is 44.9 Å². The van der Waals surface area contributed by atoms with Crippen molar-refractivity contribution in [3.8, 4) is 23.0 Å². The van der Waals surface area contributed by atoms with Crippen LogP contribution in [0.1, 0.15) is 95.6 Å². The van der Waals surface area contributed by atoms with Crippen LogP contribution >= 0.6 is 8.46 Å². The van der Waals surface area contributed by atoms with Gasteiger partial charge in [-0.25, -0.2) is 0 Å². The summed E-state index contributed by atoms with van der Waals surface area (Å²) in [7, 11) is -14.3. The molecule has 7 nitrogen and oxygen atoms in total. The molecule has 0 fully saturated rings. The maximum atomic E-state index is 15.7. The number of ether oxygens (including phenoxy) is 4. The van der Waals surface area contributed by atoms with Crippen molar-refractivity contribution in [2.24, 2.45) is 11.3 Å². The van der Waals surface area contributed by atoms with E-state index in [0.717, 1.165) is 0 Å². The molecule has 0 aliphatic carbocycles. The molecule has 2 unspecified atom stereocenters. The Kier molecular flexibility index (Phi) is 2.36. The van der Waals surface area contributed by atoms with Gasteiger partial charge in [0.15, 0.2) is 25.2 Å². The molecule has 2 aromatic carbocycles. The summed E-state index contributed by atoms with van der Waals surface area (Å²) < 4.78 is 279. The minimum Gasteiger partial charge on any atom is -0.496 e. The van der Waals surface area contributed by atoms with E-state index in [1.165, 1.54) is 0 Å². The molecule has 184 valence electrons. The number of ketones is 2. The Bertz CT molecular complexity index is 2100. The first-order valence-corrected chi connectivity index (χ1v) is 9.21. The summed E-state index contributed by atoms with van der Waals surface area (Å²) in [6.45, 7) is -20.1. The molecule has 0 spiro atoms. The fraction of sp³-hybridized carbons (Fsp3) is 0.462. The molecule has 0 aromatic heterocycles. The van der Waals surface area contributed by atoms with Gasteiger partial charge in [0, 0.05) is 20.6 Å². The van der Waals surface area contributed by atoms with E-state index < -0.39 is 162 Å². The average molecular weight is 519 g/mol. The summed E-state index contributed by atoms with van der Waals surface area (Å²) in [6, 6.07) is -9.86. The van der Waals surface area contributed by atoms with Crippen molar-refractivity contribution in [2.75, 3.05) is 28.2 Å². The van der Waals surface area contributed by atoms with E-state index in [2.05, 4.69) is 14.2 Å². The number of carbonyl (C=O) groups is 2. The zero-order valence-electron chi connectivity index (χ0n) is 46.8. The predicted octanol–water partition coefficient (Wildman–Crippen LogP) is 5.89. The van der Waals surface area contributed by atoms with Crippen LogP contribution in [0.15, 0.2) is 36.3 Å².